The molecule has 3 nitrogen and oxygen atoms in total. The number of furan rings is 2. The normalized spacial score (nSPS) is 11.6. The van der Waals surface area contributed by atoms with Gasteiger partial charge in [-0.25, -0.2) is 0 Å². The van der Waals surface area contributed by atoms with E-state index in [1.165, 1.54) is 21.9 Å². The molecule has 0 saturated heterocycles. The highest BCUT2D eigenvalue weighted by molar-refractivity contribution is 6.20. The molecule has 0 N–H and O–H groups in total. The lowest BCUT2D eigenvalue weighted by molar-refractivity contribution is 0.669. The lowest BCUT2D eigenvalue weighted by atomic mass is 9.97. The minimum absolute atomic E-state index is 0.864. The Morgan fingerprint density at radius 3 is 1.69 bits per heavy atom. The Morgan fingerprint density at radius 1 is 0.327 bits per heavy atom. The van der Waals surface area contributed by atoms with Crippen molar-refractivity contribution in [3.63, 3.8) is 0 Å². The Balaban J connectivity index is 1.14. The number of rotatable bonds is 6. The number of benzene rings is 9. The number of anilines is 3. The van der Waals surface area contributed by atoms with Gasteiger partial charge in [-0.05, 0) is 81.6 Å². The number of hydrogen-bond acceptors (Lipinski definition) is 3. The third kappa shape index (κ3) is 5.20. The summed E-state index contributed by atoms with van der Waals surface area (Å²) in [6.07, 6.45) is 0. The van der Waals surface area contributed by atoms with Crippen molar-refractivity contribution in [2.24, 2.45) is 0 Å². The molecule has 11 aromatic rings. The number of hydrogen-bond donors (Lipinski definition) is 0. The van der Waals surface area contributed by atoms with E-state index in [2.05, 4.69) is 193 Å². The van der Waals surface area contributed by atoms with Crippen LogP contribution in [0.5, 0.6) is 0 Å². The average Bonchev–Trinajstić information content (AvgIpc) is 3.83. The van der Waals surface area contributed by atoms with Gasteiger partial charge in [0.25, 0.3) is 0 Å². The molecule has 55 heavy (non-hydrogen) atoms. The van der Waals surface area contributed by atoms with Crippen LogP contribution in [0.15, 0.2) is 209 Å². The lowest BCUT2D eigenvalue weighted by Crippen LogP contribution is -2.11. The molecule has 3 heteroatoms. The topological polar surface area (TPSA) is 29.5 Å². The van der Waals surface area contributed by atoms with E-state index in [9.17, 15) is 0 Å². The molecule has 258 valence electrons. The lowest BCUT2D eigenvalue weighted by Gasteiger charge is -2.28. The summed E-state index contributed by atoms with van der Waals surface area (Å²) in [6, 6.07) is 70.9. The molecular formula is C52H33NO2. The quantitative estimate of drug-likeness (QED) is 0.173. The van der Waals surface area contributed by atoms with Crippen LogP contribution in [0.1, 0.15) is 0 Å². The van der Waals surface area contributed by atoms with Gasteiger partial charge in [0.05, 0.1) is 5.69 Å². The van der Waals surface area contributed by atoms with Crippen LogP contribution < -0.4 is 4.90 Å². The molecule has 0 atom stereocenters. The molecule has 0 spiro atoms. The molecule has 2 aromatic heterocycles. The van der Waals surface area contributed by atoms with Crippen LogP contribution in [0.3, 0.4) is 0 Å². The number of para-hydroxylation sites is 2. The third-order valence-corrected chi connectivity index (χ3v) is 10.9. The number of fused-ring (bicyclic) bond motifs is 8. The van der Waals surface area contributed by atoms with Crippen LogP contribution in [0.25, 0.3) is 88.0 Å². The Hall–Kier alpha value is -7.36. The number of nitrogens with zero attached hydrogens (tertiary/aromatic N) is 1. The molecule has 0 aliphatic heterocycles. The van der Waals surface area contributed by atoms with Gasteiger partial charge in [-0.2, -0.15) is 0 Å². The molecule has 0 radical (unpaired) electrons. The first-order chi connectivity index (χ1) is 27.3. The second-order valence-corrected chi connectivity index (χ2v) is 14.1. The Kier molecular flexibility index (Phi) is 7.17. The first kappa shape index (κ1) is 31.2. The van der Waals surface area contributed by atoms with Gasteiger partial charge in [-0.1, -0.05) is 152 Å². The molecule has 2 heterocycles. The Morgan fingerprint density at radius 2 is 0.927 bits per heavy atom. The van der Waals surface area contributed by atoms with Gasteiger partial charge >= 0.3 is 0 Å². The molecule has 0 bridgehead atoms. The van der Waals surface area contributed by atoms with Crippen molar-refractivity contribution >= 4 is 71.7 Å². The van der Waals surface area contributed by atoms with Gasteiger partial charge < -0.3 is 13.7 Å². The zero-order valence-corrected chi connectivity index (χ0v) is 29.8. The summed E-state index contributed by atoms with van der Waals surface area (Å²) < 4.78 is 13.1. The molecule has 0 amide bonds. The largest absolute Gasteiger partial charge is 0.456 e. The third-order valence-electron chi connectivity index (χ3n) is 10.9. The monoisotopic (exact) mass is 703 g/mol. The van der Waals surface area contributed by atoms with Crippen LogP contribution >= 0.6 is 0 Å². The van der Waals surface area contributed by atoms with Crippen LogP contribution in [-0.4, -0.2) is 0 Å². The average molecular weight is 704 g/mol. The highest BCUT2D eigenvalue weighted by atomic mass is 16.3. The zero-order valence-electron chi connectivity index (χ0n) is 29.8. The van der Waals surface area contributed by atoms with E-state index in [0.29, 0.717) is 0 Å². The van der Waals surface area contributed by atoms with Gasteiger partial charge in [-0.3, -0.25) is 0 Å². The minimum Gasteiger partial charge on any atom is -0.456 e. The van der Waals surface area contributed by atoms with Crippen molar-refractivity contribution < 1.29 is 8.83 Å². The van der Waals surface area contributed by atoms with Gasteiger partial charge in [-0.15, -0.1) is 0 Å². The molecule has 0 fully saturated rings. The molecule has 0 saturated carbocycles. The van der Waals surface area contributed by atoms with E-state index < -0.39 is 0 Å². The fourth-order valence-corrected chi connectivity index (χ4v) is 8.24. The summed E-state index contributed by atoms with van der Waals surface area (Å²) in [6.45, 7) is 0. The SMILES string of the molecule is c1ccc(-c2ccc(N(c3ccc(-c4cccc5c4oc4ccccc45)cc3)c3cc4c(cc3-c3ccccc3)oc3ccc5ccccc5c34)cc2)cc1. The van der Waals surface area contributed by atoms with Gasteiger partial charge in [0.1, 0.15) is 22.3 Å². The summed E-state index contributed by atoms with van der Waals surface area (Å²) in [7, 11) is 0. The molecule has 0 aliphatic carbocycles. The van der Waals surface area contributed by atoms with Crippen molar-refractivity contribution in [2.45, 2.75) is 0 Å². The maximum Gasteiger partial charge on any atom is 0.143 e. The van der Waals surface area contributed by atoms with Crippen molar-refractivity contribution in [3.8, 4) is 33.4 Å². The van der Waals surface area contributed by atoms with E-state index >= 15 is 0 Å². The Bertz CT molecular complexity index is 3180. The summed E-state index contributed by atoms with van der Waals surface area (Å²) in [5.41, 5.74) is 13.4. The van der Waals surface area contributed by atoms with Crippen molar-refractivity contribution in [2.75, 3.05) is 4.90 Å². The van der Waals surface area contributed by atoms with E-state index in [1.807, 2.05) is 12.1 Å². The Labute approximate surface area is 317 Å². The first-order valence-electron chi connectivity index (χ1n) is 18.7. The highest BCUT2D eigenvalue weighted by Crippen LogP contribution is 2.47. The summed E-state index contributed by atoms with van der Waals surface area (Å²) in [5, 5.41) is 6.83. The maximum atomic E-state index is 6.63. The van der Waals surface area contributed by atoms with Crippen molar-refractivity contribution in [3.05, 3.63) is 200 Å². The summed E-state index contributed by atoms with van der Waals surface area (Å²) >= 11 is 0. The van der Waals surface area contributed by atoms with Gasteiger partial charge in [0, 0.05) is 44.0 Å². The summed E-state index contributed by atoms with van der Waals surface area (Å²) in [4.78, 5) is 2.38. The van der Waals surface area contributed by atoms with Crippen molar-refractivity contribution in [1.82, 2.24) is 0 Å². The molecule has 11 rings (SSSR count). The molecular weight excluding hydrogens is 671 g/mol. The second kappa shape index (κ2) is 12.6. The first-order valence-corrected chi connectivity index (χ1v) is 18.7. The molecule has 9 aromatic carbocycles. The van der Waals surface area contributed by atoms with E-state index in [4.69, 9.17) is 8.83 Å². The van der Waals surface area contributed by atoms with Crippen molar-refractivity contribution in [1.29, 1.82) is 0 Å². The van der Waals surface area contributed by atoms with E-state index in [-0.39, 0.29) is 0 Å². The van der Waals surface area contributed by atoms with Crippen LogP contribution in [0, 0.1) is 0 Å². The fourth-order valence-electron chi connectivity index (χ4n) is 8.24. The van der Waals surface area contributed by atoms with Crippen LogP contribution in [0.4, 0.5) is 17.1 Å². The minimum atomic E-state index is 0.864. The molecule has 0 aliphatic rings. The predicted molar refractivity (Wildman–Crippen MR) is 229 cm³/mol. The van der Waals surface area contributed by atoms with Gasteiger partial charge in [0.15, 0.2) is 0 Å². The summed E-state index contributed by atoms with van der Waals surface area (Å²) in [5.74, 6) is 0. The van der Waals surface area contributed by atoms with E-state index in [1.54, 1.807) is 0 Å². The second-order valence-electron chi connectivity index (χ2n) is 14.1. The standard InChI is InChI=1S/C52H33NO2/c1-3-12-34(13-4-1)35-22-27-39(28-23-35)53(40-29-24-38(25-30-40)42-19-11-20-44-43-18-9-10-21-48(43)55-52(42)44)47-32-46-50(33-45(47)36-14-5-2-6-15-36)54-49-31-26-37-16-7-8-17-41(37)51(46)49/h1-33H. The van der Waals surface area contributed by atoms with Crippen LogP contribution in [0.2, 0.25) is 0 Å². The molecule has 0 unspecified atom stereocenters. The maximum absolute atomic E-state index is 6.63. The smallest absolute Gasteiger partial charge is 0.143 e. The van der Waals surface area contributed by atoms with E-state index in [0.717, 1.165) is 83.2 Å². The van der Waals surface area contributed by atoms with Crippen LogP contribution in [-0.2, 0) is 0 Å². The van der Waals surface area contributed by atoms with Gasteiger partial charge in [0.2, 0.25) is 0 Å². The zero-order chi connectivity index (χ0) is 36.3. The predicted octanol–water partition coefficient (Wildman–Crippen LogP) is 15.1. The highest BCUT2D eigenvalue weighted by Gasteiger charge is 2.22. The fraction of sp³-hybridized carbons (Fsp3) is 0.